The van der Waals surface area contributed by atoms with Crippen LogP contribution in [0.3, 0.4) is 0 Å². The SMILES string of the molecule is CCOc1cc(CN[C@@H](C)c2ccc(Cl)cc2)ccc1OCC(=O)Nc1ccccc1. The monoisotopic (exact) mass is 438 g/mol. The van der Waals surface area contributed by atoms with Crippen LogP contribution in [0.15, 0.2) is 72.8 Å². The van der Waals surface area contributed by atoms with Crippen molar-refractivity contribution in [1.29, 1.82) is 0 Å². The van der Waals surface area contributed by atoms with Crippen molar-refractivity contribution >= 4 is 23.2 Å². The van der Waals surface area contributed by atoms with Gasteiger partial charge in [0.2, 0.25) is 0 Å². The Kier molecular flexibility index (Phi) is 8.33. The van der Waals surface area contributed by atoms with Crippen molar-refractivity contribution in [1.82, 2.24) is 5.32 Å². The summed E-state index contributed by atoms with van der Waals surface area (Å²) in [7, 11) is 0. The molecular weight excluding hydrogens is 412 g/mol. The lowest BCUT2D eigenvalue weighted by Gasteiger charge is -2.16. The number of ether oxygens (including phenoxy) is 2. The van der Waals surface area contributed by atoms with Crippen molar-refractivity contribution in [2.75, 3.05) is 18.5 Å². The van der Waals surface area contributed by atoms with Gasteiger partial charge in [0.05, 0.1) is 6.61 Å². The van der Waals surface area contributed by atoms with Crippen molar-refractivity contribution in [2.45, 2.75) is 26.4 Å². The standard InChI is InChI=1S/C25H27ClN2O3/c1-3-30-24-15-19(16-27-18(2)20-10-12-21(26)13-11-20)9-14-23(24)31-17-25(29)28-22-7-5-4-6-8-22/h4-15,18,27H,3,16-17H2,1-2H3,(H,28,29)/t18-/m0/s1. The molecule has 162 valence electrons. The van der Waals surface area contributed by atoms with E-state index in [0.717, 1.165) is 16.3 Å². The van der Waals surface area contributed by atoms with E-state index in [0.29, 0.717) is 24.7 Å². The summed E-state index contributed by atoms with van der Waals surface area (Å²) in [5.74, 6) is 0.934. The van der Waals surface area contributed by atoms with E-state index in [4.69, 9.17) is 21.1 Å². The molecular formula is C25H27ClN2O3. The maximum atomic E-state index is 12.2. The van der Waals surface area contributed by atoms with Crippen molar-refractivity contribution in [3.05, 3.63) is 88.9 Å². The van der Waals surface area contributed by atoms with Gasteiger partial charge >= 0.3 is 0 Å². The Bertz CT molecular complexity index is 978. The van der Waals surface area contributed by atoms with Crippen LogP contribution in [0.2, 0.25) is 5.02 Å². The van der Waals surface area contributed by atoms with Gasteiger partial charge in [-0.25, -0.2) is 0 Å². The highest BCUT2D eigenvalue weighted by molar-refractivity contribution is 6.30. The second-order valence-electron chi connectivity index (χ2n) is 7.07. The molecule has 0 saturated heterocycles. The van der Waals surface area contributed by atoms with E-state index < -0.39 is 0 Å². The minimum atomic E-state index is -0.226. The van der Waals surface area contributed by atoms with Gasteiger partial charge in [0.25, 0.3) is 5.91 Å². The maximum Gasteiger partial charge on any atom is 0.262 e. The Balaban J connectivity index is 1.58. The zero-order chi connectivity index (χ0) is 22.1. The molecule has 0 spiro atoms. The summed E-state index contributed by atoms with van der Waals surface area (Å²) in [6.45, 7) is 5.10. The van der Waals surface area contributed by atoms with Crippen LogP contribution >= 0.6 is 11.6 Å². The molecule has 3 aromatic carbocycles. The summed E-state index contributed by atoms with van der Waals surface area (Å²) in [6, 6.07) is 23.0. The van der Waals surface area contributed by atoms with Crippen molar-refractivity contribution in [3.8, 4) is 11.5 Å². The summed E-state index contributed by atoms with van der Waals surface area (Å²) in [5.41, 5.74) is 2.96. The topological polar surface area (TPSA) is 59.6 Å². The minimum absolute atomic E-state index is 0.0971. The third kappa shape index (κ3) is 7.02. The number of amides is 1. The van der Waals surface area contributed by atoms with Gasteiger partial charge in [0, 0.05) is 23.3 Å². The fourth-order valence-electron chi connectivity index (χ4n) is 3.05. The summed E-state index contributed by atoms with van der Waals surface area (Å²) >= 11 is 5.97. The lowest BCUT2D eigenvalue weighted by atomic mass is 10.1. The molecule has 1 amide bonds. The lowest BCUT2D eigenvalue weighted by Crippen LogP contribution is -2.20. The fourth-order valence-corrected chi connectivity index (χ4v) is 3.18. The summed E-state index contributed by atoms with van der Waals surface area (Å²) in [5, 5.41) is 7.03. The Morgan fingerprint density at radius 2 is 1.71 bits per heavy atom. The lowest BCUT2D eigenvalue weighted by molar-refractivity contribution is -0.118. The molecule has 0 unspecified atom stereocenters. The fraction of sp³-hybridized carbons (Fsp3) is 0.240. The first-order chi connectivity index (χ1) is 15.0. The number of halogens is 1. The molecule has 0 aliphatic heterocycles. The second-order valence-corrected chi connectivity index (χ2v) is 7.51. The minimum Gasteiger partial charge on any atom is -0.490 e. The molecule has 0 radical (unpaired) electrons. The second kappa shape index (κ2) is 11.4. The first kappa shape index (κ1) is 22.7. The van der Waals surface area contributed by atoms with Gasteiger partial charge in [-0.05, 0) is 61.4 Å². The average molecular weight is 439 g/mol. The molecule has 5 nitrogen and oxygen atoms in total. The Morgan fingerprint density at radius 1 is 0.968 bits per heavy atom. The zero-order valence-corrected chi connectivity index (χ0v) is 18.5. The third-order valence-electron chi connectivity index (χ3n) is 4.71. The van der Waals surface area contributed by atoms with Crippen LogP contribution in [-0.2, 0) is 11.3 Å². The number of anilines is 1. The molecule has 0 fully saturated rings. The van der Waals surface area contributed by atoms with Gasteiger partial charge in [-0.3, -0.25) is 4.79 Å². The van der Waals surface area contributed by atoms with Crippen LogP contribution in [0.25, 0.3) is 0 Å². The average Bonchev–Trinajstić information content (AvgIpc) is 2.78. The van der Waals surface area contributed by atoms with Crippen molar-refractivity contribution in [3.63, 3.8) is 0 Å². The number of benzene rings is 3. The van der Waals surface area contributed by atoms with Crippen molar-refractivity contribution in [2.24, 2.45) is 0 Å². The van der Waals surface area contributed by atoms with Crippen LogP contribution in [0.4, 0.5) is 5.69 Å². The molecule has 3 rings (SSSR count). The molecule has 0 aliphatic rings. The van der Waals surface area contributed by atoms with E-state index in [-0.39, 0.29) is 18.6 Å². The van der Waals surface area contributed by atoms with Crippen LogP contribution in [0, 0.1) is 0 Å². The van der Waals surface area contributed by atoms with E-state index in [2.05, 4.69) is 17.6 Å². The number of carbonyl (C=O) groups excluding carboxylic acids is 1. The highest BCUT2D eigenvalue weighted by Crippen LogP contribution is 2.29. The van der Waals surface area contributed by atoms with Crippen LogP contribution < -0.4 is 20.1 Å². The highest BCUT2D eigenvalue weighted by atomic mass is 35.5. The summed E-state index contributed by atoms with van der Waals surface area (Å²) in [6.07, 6.45) is 0. The summed E-state index contributed by atoms with van der Waals surface area (Å²) < 4.78 is 11.4. The van der Waals surface area contributed by atoms with E-state index in [9.17, 15) is 4.79 Å². The number of para-hydroxylation sites is 1. The van der Waals surface area contributed by atoms with Gasteiger partial charge in [-0.1, -0.05) is 48.0 Å². The maximum absolute atomic E-state index is 12.2. The Hall–Kier alpha value is -3.02. The number of carbonyl (C=O) groups is 1. The molecule has 6 heteroatoms. The van der Waals surface area contributed by atoms with E-state index >= 15 is 0 Å². The van der Waals surface area contributed by atoms with Crippen molar-refractivity contribution < 1.29 is 14.3 Å². The number of rotatable bonds is 10. The molecule has 1 atom stereocenters. The molecule has 3 aromatic rings. The molecule has 2 N–H and O–H groups in total. The normalized spacial score (nSPS) is 11.6. The molecule has 0 bridgehead atoms. The van der Waals surface area contributed by atoms with Crippen LogP contribution in [0.1, 0.15) is 31.0 Å². The van der Waals surface area contributed by atoms with Crippen LogP contribution in [-0.4, -0.2) is 19.1 Å². The number of hydrogen-bond acceptors (Lipinski definition) is 4. The molecule has 0 heterocycles. The smallest absolute Gasteiger partial charge is 0.262 e. The zero-order valence-electron chi connectivity index (χ0n) is 17.7. The van der Waals surface area contributed by atoms with E-state index in [1.807, 2.05) is 79.7 Å². The number of hydrogen-bond donors (Lipinski definition) is 2. The predicted octanol–water partition coefficient (Wildman–Crippen LogP) is 5.61. The molecule has 0 saturated carbocycles. The molecule has 0 aromatic heterocycles. The number of nitrogens with one attached hydrogen (secondary N) is 2. The van der Waals surface area contributed by atoms with Gasteiger partial charge < -0.3 is 20.1 Å². The first-order valence-corrected chi connectivity index (χ1v) is 10.6. The Labute approximate surface area is 188 Å². The third-order valence-corrected chi connectivity index (χ3v) is 4.96. The largest absolute Gasteiger partial charge is 0.490 e. The first-order valence-electron chi connectivity index (χ1n) is 10.3. The van der Waals surface area contributed by atoms with Gasteiger partial charge in [-0.15, -0.1) is 0 Å². The summed E-state index contributed by atoms with van der Waals surface area (Å²) in [4.78, 5) is 12.2. The van der Waals surface area contributed by atoms with Gasteiger partial charge in [0.1, 0.15) is 0 Å². The predicted molar refractivity (Wildman–Crippen MR) is 125 cm³/mol. The molecule has 0 aliphatic carbocycles. The quantitative estimate of drug-likeness (QED) is 0.432. The Morgan fingerprint density at radius 3 is 2.42 bits per heavy atom. The van der Waals surface area contributed by atoms with Crippen LogP contribution in [0.5, 0.6) is 11.5 Å². The van der Waals surface area contributed by atoms with E-state index in [1.165, 1.54) is 5.56 Å². The highest BCUT2D eigenvalue weighted by Gasteiger charge is 2.11. The molecule has 31 heavy (non-hydrogen) atoms. The van der Waals surface area contributed by atoms with Gasteiger partial charge in [-0.2, -0.15) is 0 Å². The van der Waals surface area contributed by atoms with E-state index in [1.54, 1.807) is 0 Å². The van der Waals surface area contributed by atoms with Gasteiger partial charge in [0.15, 0.2) is 18.1 Å².